The number of oxazole rings is 1. The lowest BCUT2D eigenvalue weighted by molar-refractivity contribution is -0.398. The lowest BCUT2D eigenvalue weighted by Gasteiger charge is -2.10. The first-order valence-corrected chi connectivity index (χ1v) is 9.00. The molecule has 0 unspecified atom stereocenters. The number of nitro groups is 1. The summed E-state index contributed by atoms with van der Waals surface area (Å²) in [5, 5.41) is 23.2. The van der Waals surface area contributed by atoms with Gasteiger partial charge >= 0.3 is 0 Å². The van der Waals surface area contributed by atoms with Crippen molar-refractivity contribution in [3.05, 3.63) is 75.8 Å². The summed E-state index contributed by atoms with van der Waals surface area (Å²) >= 11 is 0. The number of aromatic nitrogens is 1. The SMILES string of the molecule is COc1ccc(-c2nc3cc(C)ccc3o2)cc1N=Cc1cccc([N+](=O)[O-])c1[O-]. The molecule has 150 valence electrons. The molecule has 0 fully saturated rings. The van der Waals surface area contributed by atoms with Crippen LogP contribution in [0.4, 0.5) is 11.4 Å². The molecule has 0 bridgehead atoms. The van der Waals surface area contributed by atoms with E-state index in [-0.39, 0.29) is 5.56 Å². The maximum absolute atomic E-state index is 12.2. The van der Waals surface area contributed by atoms with E-state index in [0.29, 0.717) is 28.5 Å². The van der Waals surface area contributed by atoms with E-state index in [1.165, 1.54) is 25.5 Å². The van der Waals surface area contributed by atoms with Crippen LogP contribution in [-0.4, -0.2) is 23.2 Å². The van der Waals surface area contributed by atoms with Crippen LogP contribution in [-0.2, 0) is 0 Å². The average molecular weight is 402 g/mol. The molecule has 0 saturated heterocycles. The molecule has 0 spiro atoms. The molecule has 8 heteroatoms. The predicted octanol–water partition coefficient (Wildman–Crippen LogP) is 4.54. The quantitative estimate of drug-likeness (QED) is 0.275. The molecule has 1 aromatic heterocycles. The monoisotopic (exact) mass is 402 g/mol. The Balaban J connectivity index is 1.74. The standard InChI is InChI=1S/C22H17N3O5/c1-13-6-8-20-17(10-13)24-22(30-20)14-7-9-19(29-2)16(11-14)23-12-15-4-3-5-18(21(15)26)25(27)28/h3-12,26H,1-2H3/p-1. The maximum atomic E-state index is 12.2. The van der Waals surface area contributed by atoms with Gasteiger partial charge in [0.1, 0.15) is 17.0 Å². The zero-order valence-corrected chi connectivity index (χ0v) is 16.2. The van der Waals surface area contributed by atoms with Crippen LogP contribution in [0.1, 0.15) is 11.1 Å². The van der Waals surface area contributed by atoms with Crippen LogP contribution >= 0.6 is 0 Å². The van der Waals surface area contributed by atoms with E-state index in [0.717, 1.165) is 17.1 Å². The van der Waals surface area contributed by atoms with Crippen molar-refractivity contribution in [1.29, 1.82) is 0 Å². The molecule has 0 aliphatic carbocycles. The number of para-hydroxylation sites is 1. The molecule has 1 heterocycles. The van der Waals surface area contributed by atoms with Crippen LogP contribution in [0.25, 0.3) is 22.6 Å². The molecule has 0 atom stereocenters. The molecule has 0 N–H and O–H groups in total. The topological polar surface area (TPSA) is 114 Å². The van der Waals surface area contributed by atoms with Gasteiger partial charge in [-0.05, 0) is 54.1 Å². The van der Waals surface area contributed by atoms with Gasteiger partial charge in [-0.1, -0.05) is 18.2 Å². The second-order valence-corrected chi connectivity index (χ2v) is 6.59. The van der Waals surface area contributed by atoms with E-state index in [4.69, 9.17) is 9.15 Å². The number of aliphatic imine (C=N–C) groups is 1. The summed E-state index contributed by atoms with van der Waals surface area (Å²) < 4.78 is 11.2. The highest BCUT2D eigenvalue weighted by atomic mass is 16.6. The summed E-state index contributed by atoms with van der Waals surface area (Å²) in [7, 11) is 1.50. The first-order chi connectivity index (χ1) is 14.5. The van der Waals surface area contributed by atoms with Crippen molar-refractivity contribution in [3.63, 3.8) is 0 Å². The lowest BCUT2D eigenvalue weighted by atomic mass is 10.1. The summed E-state index contributed by atoms with van der Waals surface area (Å²) in [5.41, 5.74) is 3.21. The van der Waals surface area contributed by atoms with Gasteiger partial charge in [0.15, 0.2) is 5.58 Å². The Morgan fingerprint density at radius 3 is 2.77 bits per heavy atom. The molecule has 0 radical (unpaired) electrons. The van der Waals surface area contributed by atoms with Crippen LogP contribution in [0, 0.1) is 17.0 Å². The number of nitrogens with zero attached hydrogens (tertiary/aromatic N) is 3. The van der Waals surface area contributed by atoms with Crippen LogP contribution in [0.5, 0.6) is 11.5 Å². The van der Waals surface area contributed by atoms with Gasteiger partial charge in [-0.25, -0.2) is 4.98 Å². The van der Waals surface area contributed by atoms with Gasteiger partial charge in [-0.15, -0.1) is 0 Å². The summed E-state index contributed by atoms with van der Waals surface area (Å²) in [5.74, 6) is 0.199. The number of hydrogen-bond acceptors (Lipinski definition) is 7. The third kappa shape index (κ3) is 3.58. The van der Waals surface area contributed by atoms with Gasteiger partial charge in [0.05, 0.1) is 12.0 Å². The first kappa shape index (κ1) is 19.1. The van der Waals surface area contributed by atoms with Crippen molar-refractivity contribution in [2.24, 2.45) is 4.99 Å². The molecular weight excluding hydrogens is 386 g/mol. The highest BCUT2D eigenvalue weighted by Gasteiger charge is 2.12. The van der Waals surface area contributed by atoms with Gasteiger partial charge in [0.25, 0.3) is 5.69 Å². The third-order valence-electron chi connectivity index (χ3n) is 4.53. The normalized spacial score (nSPS) is 11.3. The highest BCUT2D eigenvalue weighted by molar-refractivity contribution is 5.88. The number of nitro benzene ring substituents is 1. The summed E-state index contributed by atoms with van der Waals surface area (Å²) in [6.07, 6.45) is 1.28. The van der Waals surface area contributed by atoms with Crippen molar-refractivity contribution in [3.8, 4) is 23.0 Å². The fourth-order valence-corrected chi connectivity index (χ4v) is 3.01. The Labute approximate surface area is 171 Å². The zero-order valence-electron chi connectivity index (χ0n) is 16.2. The summed E-state index contributed by atoms with van der Waals surface area (Å²) in [4.78, 5) is 19.1. The van der Waals surface area contributed by atoms with Gasteiger partial charge < -0.3 is 14.3 Å². The Hall–Kier alpha value is -4.20. The fourth-order valence-electron chi connectivity index (χ4n) is 3.01. The van der Waals surface area contributed by atoms with Gasteiger partial charge in [-0.3, -0.25) is 15.1 Å². The average Bonchev–Trinajstić information content (AvgIpc) is 3.15. The van der Waals surface area contributed by atoms with Crippen LogP contribution in [0.3, 0.4) is 0 Å². The fraction of sp³-hybridized carbons (Fsp3) is 0.0909. The van der Waals surface area contributed by atoms with Crippen molar-refractivity contribution in [1.82, 2.24) is 4.98 Å². The van der Waals surface area contributed by atoms with Gasteiger partial charge in [0, 0.05) is 17.8 Å². The lowest BCUT2D eigenvalue weighted by Crippen LogP contribution is -2.01. The van der Waals surface area contributed by atoms with E-state index >= 15 is 0 Å². The largest absolute Gasteiger partial charge is 0.867 e. The molecule has 4 rings (SSSR count). The Morgan fingerprint density at radius 2 is 2.00 bits per heavy atom. The Kier molecular flexibility index (Phi) is 4.89. The van der Waals surface area contributed by atoms with Gasteiger partial charge in [-0.2, -0.15) is 0 Å². The van der Waals surface area contributed by atoms with Crippen molar-refractivity contribution in [2.75, 3.05) is 7.11 Å². The number of ether oxygens (including phenoxy) is 1. The van der Waals surface area contributed by atoms with E-state index in [9.17, 15) is 15.2 Å². The number of hydrogen-bond donors (Lipinski definition) is 0. The molecule has 4 aromatic rings. The maximum Gasteiger partial charge on any atom is 0.262 e. The third-order valence-corrected chi connectivity index (χ3v) is 4.53. The number of methoxy groups -OCH3 is 1. The number of aryl methyl sites for hydroxylation is 1. The molecular formula is C22H16N3O5-. The van der Waals surface area contributed by atoms with Crippen molar-refractivity contribution < 1.29 is 19.2 Å². The number of fused-ring (bicyclic) bond motifs is 1. The first-order valence-electron chi connectivity index (χ1n) is 9.00. The minimum Gasteiger partial charge on any atom is -0.867 e. The number of benzene rings is 3. The van der Waals surface area contributed by atoms with Crippen molar-refractivity contribution >= 4 is 28.7 Å². The molecule has 0 aliphatic heterocycles. The molecule has 0 amide bonds. The van der Waals surface area contributed by atoms with E-state index in [1.54, 1.807) is 18.2 Å². The summed E-state index contributed by atoms with van der Waals surface area (Å²) in [6.45, 7) is 1.98. The van der Waals surface area contributed by atoms with Crippen LogP contribution < -0.4 is 9.84 Å². The van der Waals surface area contributed by atoms with Gasteiger partial charge in [0.2, 0.25) is 5.89 Å². The van der Waals surface area contributed by atoms with E-state index < -0.39 is 16.4 Å². The predicted molar refractivity (Wildman–Crippen MR) is 111 cm³/mol. The second-order valence-electron chi connectivity index (χ2n) is 6.59. The molecule has 3 aromatic carbocycles. The van der Waals surface area contributed by atoms with Crippen LogP contribution in [0.2, 0.25) is 0 Å². The molecule has 0 saturated carbocycles. The minimum atomic E-state index is -0.712. The smallest absolute Gasteiger partial charge is 0.262 e. The number of rotatable bonds is 5. The van der Waals surface area contributed by atoms with Crippen molar-refractivity contribution in [2.45, 2.75) is 6.92 Å². The minimum absolute atomic E-state index is 0.106. The molecule has 8 nitrogen and oxygen atoms in total. The highest BCUT2D eigenvalue weighted by Crippen LogP contribution is 2.34. The van der Waals surface area contributed by atoms with E-state index in [1.807, 2.05) is 25.1 Å². The molecule has 30 heavy (non-hydrogen) atoms. The van der Waals surface area contributed by atoms with Crippen LogP contribution in [0.15, 0.2) is 64.0 Å². The Bertz CT molecular complexity index is 1290. The zero-order chi connectivity index (χ0) is 21.3. The molecule has 0 aliphatic rings. The van der Waals surface area contributed by atoms with E-state index in [2.05, 4.69) is 9.98 Å². The summed E-state index contributed by atoms with van der Waals surface area (Å²) in [6, 6.07) is 15.0. The Morgan fingerprint density at radius 1 is 1.17 bits per heavy atom. The second kappa shape index (κ2) is 7.67.